The summed E-state index contributed by atoms with van der Waals surface area (Å²) in [5.41, 5.74) is 0. The Balaban J connectivity index is 3.47. The zero-order valence-corrected chi connectivity index (χ0v) is 14.0. The maximum absolute atomic E-state index is 12.4. The van der Waals surface area contributed by atoms with Gasteiger partial charge in [-0.1, -0.05) is 13.8 Å². The molecule has 3 atom stereocenters. The summed E-state index contributed by atoms with van der Waals surface area (Å²) in [6, 6.07) is 0. The van der Waals surface area contributed by atoms with Crippen LogP contribution in [0.15, 0.2) is 0 Å². The zero-order valence-electron chi connectivity index (χ0n) is 9.56. The highest BCUT2D eigenvalue weighted by molar-refractivity contribution is 8.08. The molecule has 0 aromatic carbocycles. The minimum absolute atomic E-state index is 0.102. The molecular weight excluding hydrogens is 316 g/mol. The molecule has 0 saturated carbocycles. The Hall–Kier alpha value is 0.780. The average molecular weight is 331 g/mol. The second-order valence-corrected chi connectivity index (χ2v) is 9.08. The highest BCUT2D eigenvalue weighted by Crippen LogP contribution is 2.58. The van der Waals surface area contributed by atoms with Crippen molar-refractivity contribution >= 4 is 55.6 Å². The summed E-state index contributed by atoms with van der Waals surface area (Å²) in [6.07, 6.45) is 1.15. The number of aliphatic hydroxyl groups is 1. The van der Waals surface area contributed by atoms with Gasteiger partial charge in [0.05, 0.1) is 11.4 Å². The van der Waals surface area contributed by atoms with Crippen molar-refractivity contribution in [3.8, 4) is 0 Å². The first-order valence-corrected chi connectivity index (χ1v) is 10.5. The van der Waals surface area contributed by atoms with Gasteiger partial charge in [0.25, 0.3) is 0 Å². The van der Waals surface area contributed by atoms with E-state index in [-0.39, 0.29) is 20.6 Å². The Morgan fingerprint density at radius 3 is 2.12 bits per heavy atom. The first kappa shape index (κ1) is 15.8. The van der Waals surface area contributed by atoms with Gasteiger partial charge in [-0.15, -0.1) is 4.31 Å². The SMILES string of the molecule is CCC1(CC)[S+]([O-])N(CO)C(=O)C1([PH+]=S)[PH+]=S. The molecule has 0 radical (unpaired) electrons. The van der Waals surface area contributed by atoms with E-state index < -0.39 is 27.7 Å². The van der Waals surface area contributed by atoms with Crippen molar-refractivity contribution in [2.45, 2.75) is 36.3 Å². The van der Waals surface area contributed by atoms with Gasteiger partial charge in [0, 0.05) is 12.8 Å². The van der Waals surface area contributed by atoms with Crippen LogP contribution in [0, 0.1) is 0 Å². The van der Waals surface area contributed by atoms with Gasteiger partial charge in [0.2, 0.25) is 19.5 Å². The molecule has 1 rings (SSSR count). The normalized spacial score (nSPS) is 32.6. The summed E-state index contributed by atoms with van der Waals surface area (Å²) in [4.78, 5) is 11.4. The highest BCUT2D eigenvalue weighted by atomic mass is 32.4. The highest BCUT2D eigenvalue weighted by Gasteiger charge is 2.82. The lowest BCUT2D eigenvalue weighted by Gasteiger charge is -2.27. The lowest BCUT2D eigenvalue weighted by molar-refractivity contribution is -0.128. The van der Waals surface area contributed by atoms with E-state index >= 15 is 0 Å². The predicted octanol–water partition coefficient (Wildman–Crippen LogP) is 0.978. The Morgan fingerprint density at radius 1 is 1.41 bits per heavy atom. The van der Waals surface area contributed by atoms with E-state index in [4.69, 9.17) is 23.6 Å². The quantitative estimate of drug-likeness (QED) is 0.601. The maximum Gasteiger partial charge on any atom is 0.419 e. The Kier molecular flexibility index (Phi) is 5.43. The third-order valence-electron chi connectivity index (χ3n) is 3.34. The monoisotopic (exact) mass is 331 g/mol. The Labute approximate surface area is 117 Å². The van der Waals surface area contributed by atoms with Crippen molar-refractivity contribution in [2.75, 3.05) is 6.73 Å². The van der Waals surface area contributed by atoms with Crippen molar-refractivity contribution in [1.29, 1.82) is 0 Å². The molecule has 1 heterocycles. The van der Waals surface area contributed by atoms with Gasteiger partial charge in [-0.05, 0) is 0 Å². The second-order valence-electron chi connectivity index (χ2n) is 3.73. The van der Waals surface area contributed by atoms with E-state index in [2.05, 4.69) is 0 Å². The summed E-state index contributed by atoms with van der Waals surface area (Å²) in [7, 11) is -0.204. The maximum atomic E-state index is 12.4. The van der Waals surface area contributed by atoms with Crippen LogP contribution in [0.2, 0.25) is 0 Å². The van der Waals surface area contributed by atoms with Gasteiger partial charge >= 0.3 is 10.8 Å². The van der Waals surface area contributed by atoms with Crippen LogP contribution in [-0.4, -0.2) is 36.2 Å². The fourth-order valence-corrected chi connectivity index (χ4v) is 10.2. The van der Waals surface area contributed by atoms with E-state index in [0.29, 0.717) is 12.8 Å². The molecule has 96 valence electrons. The van der Waals surface area contributed by atoms with Gasteiger partial charge in [0.1, 0.15) is 0 Å². The zero-order chi connectivity index (χ0) is 13.3. The van der Waals surface area contributed by atoms with Crippen molar-refractivity contribution in [2.24, 2.45) is 0 Å². The Bertz CT molecular complexity index is 343. The van der Waals surface area contributed by atoms with E-state index in [0.717, 1.165) is 4.31 Å². The average Bonchev–Trinajstić information content (AvgIpc) is 2.54. The molecule has 0 bridgehead atoms. The molecule has 4 nitrogen and oxygen atoms in total. The molecule has 1 amide bonds. The summed E-state index contributed by atoms with van der Waals surface area (Å²) in [5, 5.41) is 9.20. The van der Waals surface area contributed by atoms with Gasteiger partial charge in [-0.2, -0.15) is 0 Å². The number of aliphatic hydroxyl groups excluding tert-OH is 1. The number of carbonyl (C=O) groups excluding carboxylic acids is 1. The first-order valence-electron chi connectivity index (χ1n) is 5.14. The predicted molar refractivity (Wildman–Crippen MR) is 79.5 cm³/mol. The van der Waals surface area contributed by atoms with Crippen LogP contribution in [0.4, 0.5) is 0 Å². The third-order valence-corrected chi connectivity index (χ3v) is 11.6. The number of carbonyl (C=O) groups is 1. The first-order chi connectivity index (χ1) is 8.01. The smallest absolute Gasteiger partial charge is 0.419 e. The standard InChI is InChI=1S/C8H13NO3P2S3/c1-3-7(4-2)8(13-15,14-16)6(11)9(5-10)17(7)12/h10H,3-5H2,1-2H3/p+2. The van der Waals surface area contributed by atoms with Crippen molar-refractivity contribution in [3.05, 3.63) is 0 Å². The lowest BCUT2D eigenvalue weighted by Crippen LogP contribution is -2.48. The molecule has 0 aromatic heterocycles. The van der Waals surface area contributed by atoms with Gasteiger partial charge < -0.3 is 9.66 Å². The van der Waals surface area contributed by atoms with Crippen molar-refractivity contribution < 1.29 is 14.5 Å². The summed E-state index contributed by atoms with van der Waals surface area (Å²) < 4.78 is 12.8. The molecule has 0 aliphatic carbocycles. The van der Waals surface area contributed by atoms with Crippen molar-refractivity contribution in [1.82, 2.24) is 4.31 Å². The molecule has 0 spiro atoms. The van der Waals surface area contributed by atoms with Crippen LogP contribution in [0.25, 0.3) is 0 Å². The minimum Gasteiger partial charge on any atom is -0.592 e. The van der Waals surface area contributed by atoms with Gasteiger partial charge in [0.15, 0.2) is 30.3 Å². The van der Waals surface area contributed by atoms with E-state index in [1.54, 1.807) is 0 Å². The summed E-state index contributed by atoms with van der Waals surface area (Å²) in [5.74, 6) is -0.330. The molecule has 9 heteroatoms. The molecule has 1 fully saturated rings. The molecule has 1 saturated heterocycles. The van der Waals surface area contributed by atoms with E-state index in [1.807, 2.05) is 13.8 Å². The van der Waals surface area contributed by atoms with E-state index in [9.17, 15) is 14.5 Å². The minimum atomic E-state index is -1.54. The number of rotatable bonds is 5. The summed E-state index contributed by atoms with van der Waals surface area (Å²) in [6.45, 7) is 3.26. The van der Waals surface area contributed by atoms with Crippen LogP contribution in [0.3, 0.4) is 0 Å². The third kappa shape index (κ3) is 1.91. The largest absolute Gasteiger partial charge is 0.592 e. The van der Waals surface area contributed by atoms with Crippen LogP contribution >= 0.6 is 14.7 Å². The number of amides is 1. The fraction of sp³-hybridized carbons (Fsp3) is 0.875. The number of hydrogen-bond acceptors (Lipinski definition) is 5. The topological polar surface area (TPSA) is 63.6 Å². The van der Waals surface area contributed by atoms with Gasteiger partial charge in [-0.3, -0.25) is 4.79 Å². The summed E-state index contributed by atoms with van der Waals surface area (Å²) >= 11 is 8.74. The second kappa shape index (κ2) is 5.83. The molecule has 3 unspecified atom stereocenters. The van der Waals surface area contributed by atoms with E-state index in [1.165, 1.54) is 0 Å². The Morgan fingerprint density at radius 2 is 1.88 bits per heavy atom. The van der Waals surface area contributed by atoms with Crippen LogP contribution < -0.4 is 0 Å². The molecule has 1 aliphatic rings. The molecule has 0 aromatic rings. The van der Waals surface area contributed by atoms with Gasteiger partial charge in [-0.25, -0.2) is 0 Å². The molecule has 1 N–H and O–H groups in total. The van der Waals surface area contributed by atoms with Crippen LogP contribution in [-0.2, 0) is 39.8 Å². The molecular formula is C8H15NO3P2S3+2. The lowest BCUT2D eigenvalue weighted by atomic mass is 9.96. The molecule has 17 heavy (non-hydrogen) atoms. The number of nitrogens with zero attached hydrogens (tertiary/aromatic N) is 1. The fourth-order valence-electron chi connectivity index (χ4n) is 2.24. The number of hydrogen-bond donors (Lipinski definition) is 1. The van der Waals surface area contributed by atoms with Crippen molar-refractivity contribution in [3.63, 3.8) is 0 Å². The molecule has 1 aliphatic heterocycles. The van der Waals surface area contributed by atoms with Crippen LogP contribution in [0.5, 0.6) is 0 Å². The van der Waals surface area contributed by atoms with Crippen LogP contribution in [0.1, 0.15) is 26.7 Å².